The van der Waals surface area contributed by atoms with Gasteiger partial charge in [-0.25, -0.2) is 8.78 Å². The van der Waals surface area contributed by atoms with Crippen LogP contribution in [-0.2, 0) is 4.79 Å². The summed E-state index contributed by atoms with van der Waals surface area (Å²) in [6, 6.07) is 1.85. The molecule has 1 atom stereocenters. The Labute approximate surface area is 115 Å². The lowest BCUT2D eigenvalue weighted by Gasteiger charge is -2.30. The van der Waals surface area contributed by atoms with E-state index in [4.69, 9.17) is 5.11 Å². The zero-order chi connectivity index (χ0) is 14.9. The number of halogens is 2. The Balaban J connectivity index is 2.23. The summed E-state index contributed by atoms with van der Waals surface area (Å²) in [5.41, 5.74) is -0.0310. The zero-order valence-corrected chi connectivity index (χ0v) is 11.0. The van der Waals surface area contributed by atoms with Crippen LogP contribution >= 0.6 is 0 Å². The molecule has 1 aromatic rings. The lowest BCUT2D eigenvalue weighted by Crippen LogP contribution is -2.42. The third kappa shape index (κ3) is 2.79. The number of piperidine rings is 1. The number of hydrogen-bond acceptors (Lipinski definition) is 2. The maximum absolute atomic E-state index is 13.7. The Morgan fingerprint density at radius 1 is 1.30 bits per heavy atom. The summed E-state index contributed by atoms with van der Waals surface area (Å²) in [6.07, 6.45) is 1.06. The summed E-state index contributed by atoms with van der Waals surface area (Å²) >= 11 is 0. The van der Waals surface area contributed by atoms with Gasteiger partial charge in [0.1, 0.15) is 11.6 Å². The van der Waals surface area contributed by atoms with Crippen LogP contribution in [0.2, 0.25) is 0 Å². The SMILES string of the molecule is Cc1cc(C(=O)N2CCC[C@H](C(=O)O)C2)c(F)cc1F. The first kappa shape index (κ1) is 14.4. The fraction of sp³-hybridized carbons (Fsp3) is 0.429. The third-order valence-corrected chi connectivity index (χ3v) is 3.54. The van der Waals surface area contributed by atoms with Crippen LogP contribution < -0.4 is 0 Å². The van der Waals surface area contributed by atoms with Crippen molar-refractivity contribution in [1.82, 2.24) is 4.90 Å². The lowest BCUT2D eigenvalue weighted by molar-refractivity contribution is -0.143. The number of hydrogen-bond donors (Lipinski definition) is 1. The fourth-order valence-corrected chi connectivity index (χ4v) is 2.35. The van der Waals surface area contributed by atoms with Crippen molar-refractivity contribution in [2.45, 2.75) is 19.8 Å². The van der Waals surface area contributed by atoms with Gasteiger partial charge in [-0.05, 0) is 31.4 Å². The summed E-state index contributed by atoms with van der Waals surface area (Å²) in [5.74, 6) is -3.80. The quantitative estimate of drug-likeness (QED) is 0.905. The number of likely N-dealkylation sites (tertiary alicyclic amines) is 1. The second-order valence-corrected chi connectivity index (χ2v) is 5.01. The summed E-state index contributed by atoms with van der Waals surface area (Å²) < 4.78 is 26.9. The summed E-state index contributed by atoms with van der Waals surface area (Å²) in [6.45, 7) is 1.89. The lowest BCUT2D eigenvalue weighted by atomic mass is 9.97. The van der Waals surface area contributed by atoms with Crippen LogP contribution in [0.5, 0.6) is 0 Å². The number of carboxylic acid groups (broad SMARTS) is 1. The molecule has 1 heterocycles. The molecule has 1 fully saturated rings. The maximum Gasteiger partial charge on any atom is 0.308 e. The van der Waals surface area contributed by atoms with Crippen molar-refractivity contribution in [3.05, 3.63) is 34.9 Å². The minimum Gasteiger partial charge on any atom is -0.481 e. The highest BCUT2D eigenvalue weighted by Crippen LogP contribution is 2.21. The number of carbonyl (C=O) groups excluding carboxylic acids is 1. The van der Waals surface area contributed by atoms with Gasteiger partial charge in [0.2, 0.25) is 0 Å². The molecule has 1 saturated heterocycles. The van der Waals surface area contributed by atoms with Crippen molar-refractivity contribution in [1.29, 1.82) is 0 Å². The summed E-state index contributed by atoms with van der Waals surface area (Å²) in [7, 11) is 0. The Bertz CT molecular complexity index is 560. The second kappa shape index (κ2) is 5.56. The predicted octanol–water partition coefficient (Wildman–Crippen LogP) is 2.21. The van der Waals surface area contributed by atoms with Gasteiger partial charge in [0, 0.05) is 19.2 Å². The van der Waals surface area contributed by atoms with Crippen molar-refractivity contribution in [3.8, 4) is 0 Å². The molecular weight excluding hydrogens is 268 g/mol. The average molecular weight is 283 g/mol. The predicted molar refractivity (Wildman–Crippen MR) is 67.4 cm³/mol. The minimum absolute atomic E-state index is 0.0596. The molecule has 1 amide bonds. The van der Waals surface area contributed by atoms with Gasteiger partial charge in [0.15, 0.2) is 0 Å². The monoisotopic (exact) mass is 283 g/mol. The number of aliphatic carboxylic acids is 1. The minimum atomic E-state index is -0.960. The van der Waals surface area contributed by atoms with E-state index in [2.05, 4.69) is 0 Å². The van der Waals surface area contributed by atoms with E-state index in [0.29, 0.717) is 25.5 Å². The van der Waals surface area contributed by atoms with Crippen LogP contribution in [0.1, 0.15) is 28.8 Å². The van der Waals surface area contributed by atoms with Gasteiger partial charge in [0.05, 0.1) is 11.5 Å². The van der Waals surface area contributed by atoms with Crippen LogP contribution in [0, 0.1) is 24.5 Å². The Morgan fingerprint density at radius 2 is 2.00 bits per heavy atom. The van der Waals surface area contributed by atoms with Crippen LogP contribution in [0.25, 0.3) is 0 Å². The molecule has 0 spiro atoms. The van der Waals surface area contributed by atoms with Gasteiger partial charge in [0.25, 0.3) is 5.91 Å². The van der Waals surface area contributed by atoms with Crippen LogP contribution in [0.4, 0.5) is 8.78 Å². The standard InChI is InChI=1S/C14H15F2NO3/c1-8-5-10(12(16)6-11(8)15)13(18)17-4-2-3-9(7-17)14(19)20/h5-6,9H,2-4,7H2,1H3,(H,19,20)/t9-/m0/s1. The van der Waals surface area contributed by atoms with E-state index >= 15 is 0 Å². The molecule has 0 bridgehead atoms. The van der Waals surface area contributed by atoms with Gasteiger partial charge >= 0.3 is 5.97 Å². The Hall–Kier alpha value is -1.98. The third-order valence-electron chi connectivity index (χ3n) is 3.54. The number of benzene rings is 1. The van der Waals surface area contributed by atoms with Crippen LogP contribution in [0.3, 0.4) is 0 Å². The summed E-state index contributed by atoms with van der Waals surface area (Å²) in [4.78, 5) is 24.5. The molecule has 0 unspecified atom stereocenters. The van der Waals surface area contributed by atoms with Crippen LogP contribution in [-0.4, -0.2) is 35.0 Å². The Morgan fingerprint density at radius 3 is 2.65 bits per heavy atom. The van der Waals surface area contributed by atoms with E-state index in [1.807, 2.05) is 0 Å². The fourth-order valence-electron chi connectivity index (χ4n) is 2.35. The normalized spacial score (nSPS) is 18.9. The van der Waals surface area contributed by atoms with Crippen molar-refractivity contribution < 1.29 is 23.5 Å². The molecule has 0 saturated carbocycles. The number of rotatable bonds is 2. The second-order valence-electron chi connectivity index (χ2n) is 5.01. The van der Waals surface area contributed by atoms with Gasteiger partial charge in [-0.1, -0.05) is 0 Å². The smallest absolute Gasteiger partial charge is 0.308 e. The van der Waals surface area contributed by atoms with Crippen molar-refractivity contribution in [2.75, 3.05) is 13.1 Å². The topological polar surface area (TPSA) is 57.6 Å². The van der Waals surface area contributed by atoms with E-state index in [9.17, 15) is 18.4 Å². The molecule has 0 aliphatic carbocycles. The zero-order valence-electron chi connectivity index (χ0n) is 11.0. The Kier molecular flexibility index (Phi) is 4.01. The molecule has 0 radical (unpaired) electrons. The highest BCUT2D eigenvalue weighted by atomic mass is 19.1. The molecule has 1 aliphatic rings. The average Bonchev–Trinajstić information content (AvgIpc) is 2.42. The first-order valence-corrected chi connectivity index (χ1v) is 6.38. The number of carboxylic acids is 1. The molecule has 108 valence electrons. The molecule has 0 aromatic heterocycles. The van der Waals surface area contributed by atoms with E-state index in [1.165, 1.54) is 11.8 Å². The highest BCUT2D eigenvalue weighted by Gasteiger charge is 2.29. The van der Waals surface area contributed by atoms with Crippen molar-refractivity contribution in [2.24, 2.45) is 5.92 Å². The molecule has 2 rings (SSSR count). The first-order chi connectivity index (χ1) is 9.40. The van der Waals surface area contributed by atoms with Crippen LogP contribution in [0.15, 0.2) is 12.1 Å². The van der Waals surface area contributed by atoms with E-state index in [-0.39, 0.29) is 17.7 Å². The summed E-state index contributed by atoms with van der Waals surface area (Å²) in [5, 5.41) is 8.98. The van der Waals surface area contributed by atoms with Gasteiger partial charge in [-0.3, -0.25) is 9.59 Å². The number of amides is 1. The molecule has 1 aromatic carbocycles. The van der Waals surface area contributed by atoms with Crippen molar-refractivity contribution in [3.63, 3.8) is 0 Å². The first-order valence-electron chi connectivity index (χ1n) is 6.38. The largest absolute Gasteiger partial charge is 0.481 e. The molecule has 6 heteroatoms. The molecule has 20 heavy (non-hydrogen) atoms. The van der Waals surface area contributed by atoms with Crippen molar-refractivity contribution >= 4 is 11.9 Å². The van der Waals surface area contributed by atoms with E-state index in [0.717, 1.165) is 6.07 Å². The molecule has 1 N–H and O–H groups in total. The number of nitrogens with zero attached hydrogens (tertiary/aromatic N) is 1. The highest BCUT2D eigenvalue weighted by molar-refractivity contribution is 5.95. The van der Waals surface area contributed by atoms with Gasteiger partial charge < -0.3 is 10.0 Å². The maximum atomic E-state index is 13.7. The number of carbonyl (C=O) groups is 2. The molecule has 1 aliphatic heterocycles. The van der Waals surface area contributed by atoms with Gasteiger partial charge in [-0.2, -0.15) is 0 Å². The number of aryl methyl sites for hydroxylation is 1. The molecular formula is C14H15F2NO3. The van der Waals surface area contributed by atoms with Gasteiger partial charge in [-0.15, -0.1) is 0 Å². The van der Waals surface area contributed by atoms with E-state index < -0.39 is 29.4 Å². The van der Waals surface area contributed by atoms with E-state index in [1.54, 1.807) is 0 Å². The molecule has 4 nitrogen and oxygen atoms in total.